The average molecular weight is 540 g/mol. The van der Waals surface area contributed by atoms with Gasteiger partial charge in [0, 0.05) is 12.0 Å². The maximum Gasteiger partial charge on any atom is 0.322 e. The van der Waals surface area contributed by atoms with E-state index in [1.807, 2.05) is 31.2 Å². The first-order valence-corrected chi connectivity index (χ1v) is 11.2. The van der Waals surface area contributed by atoms with Crippen molar-refractivity contribution in [3.63, 3.8) is 0 Å². The van der Waals surface area contributed by atoms with Gasteiger partial charge in [-0.05, 0) is 64.8 Å². The Labute approximate surface area is 207 Å². The number of hydrogen-bond acceptors (Lipinski definition) is 7. The third-order valence-corrected chi connectivity index (χ3v) is 5.39. The van der Waals surface area contributed by atoms with Gasteiger partial charge in [0.1, 0.15) is 10.4 Å². The molecule has 2 aromatic carbocycles. The van der Waals surface area contributed by atoms with Crippen LogP contribution in [-0.4, -0.2) is 33.9 Å². The van der Waals surface area contributed by atoms with Crippen molar-refractivity contribution in [1.82, 2.24) is 20.4 Å². The van der Waals surface area contributed by atoms with E-state index in [1.165, 1.54) is 18.3 Å². The zero-order valence-electron chi connectivity index (χ0n) is 18.4. The Bertz CT molecular complexity index is 1330. The van der Waals surface area contributed by atoms with Crippen LogP contribution in [0.5, 0.6) is 0 Å². The first-order chi connectivity index (χ1) is 16.9. The van der Waals surface area contributed by atoms with E-state index in [-0.39, 0.29) is 30.2 Å². The van der Waals surface area contributed by atoms with Crippen LogP contribution in [0.1, 0.15) is 11.1 Å². The molecule has 178 valence electrons. The molecule has 1 unspecified atom stereocenters. The Morgan fingerprint density at radius 1 is 1.20 bits per heavy atom. The predicted octanol–water partition coefficient (Wildman–Crippen LogP) is 4.87. The zero-order valence-corrected chi connectivity index (χ0v) is 20.0. The van der Waals surface area contributed by atoms with Crippen molar-refractivity contribution in [3.05, 3.63) is 82.3 Å². The standard InChI is InChI=1S/C24H19BrFN5O4/c1-14-2-5-16(6-3-14)23-30-22(31-35-23)18-8-4-15(10-19(18)26)11-21(34-13-32)29-24(33)28-17-7-9-20(25)27-12-17/h2-10,12-13,21H,11H2,1H3,(H2,28,29,33). The van der Waals surface area contributed by atoms with Crippen molar-refractivity contribution in [1.29, 1.82) is 0 Å². The fourth-order valence-corrected chi connectivity index (χ4v) is 3.43. The first-order valence-electron chi connectivity index (χ1n) is 10.4. The second-order valence-corrected chi connectivity index (χ2v) is 8.31. The van der Waals surface area contributed by atoms with Gasteiger partial charge >= 0.3 is 6.03 Å². The minimum atomic E-state index is -1.03. The maximum absolute atomic E-state index is 14.9. The zero-order chi connectivity index (χ0) is 24.8. The number of rotatable bonds is 8. The van der Waals surface area contributed by atoms with Gasteiger partial charge in [0.05, 0.1) is 17.4 Å². The van der Waals surface area contributed by atoms with Crippen molar-refractivity contribution in [2.75, 3.05) is 5.32 Å². The SMILES string of the molecule is Cc1ccc(-c2nc(-c3ccc(CC(NC(=O)Nc4ccc(Br)nc4)OC=O)cc3F)no2)cc1. The summed E-state index contributed by atoms with van der Waals surface area (Å²) < 4.78 is 25.7. The molecule has 0 spiro atoms. The Morgan fingerprint density at radius 2 is 2.00 bits per heavy atom. The smallest absolute Gasteiger partial charge is 0.322 e. The highest BCUT2D eigenvalue weighted by Crippen LogP contribution is 2.25. The predicted molar refractivity (Wildman–Crippen MR) is 129 cm³/mol. The van der Waals surface area contributed by atoms with Crippen LogP contribution in [0.15, 0.2) is 69.9 Å². The van der Waals surface area contributed by atoms with Crippen molar-refractivity contribution in [2.45, 2.75) is 19.6 Å². The second-order valence-electron chi connectivity index (χ2n) is 7.50. The van der Waals surface area contributed by atoms with Crippen LogP contribution in [0, 0.1) is 12.7 Å². The monoisotopic (exact) mass is 539 g/mol. The van der Waals surface area contributed by atoms with Gasteiger partial charge in [0.15, 0.2) is 6.23 Å². The van der Waals surface area contributed by atoms with Crippen LogP contribution in [0.4, 0.5) is 14.9 Å². The molecule has 0 fully saturated rings. The molecule has 0 aliphatic rings. The van der Waals surface area contributed by atoms with Crippen LogP contribution in [0.3, 0.4) is 0 Å². The molecule has 2 amide bonds. The largest absolute Gasteiger partial charge is 0.443 e. The quantitative estimate of drug-likeness (QED) is 0.186. The Hall–Kier alpha value is -4.12. The van der Waals surface area contributed by atoms with Gasteiger partial charge in [-0.25, -0.2) is 14.2 Å². The molecule has 4 aromatic rings. The molecule has 9 nitrogen and oxygen atoms in total. The minimum absolute atomic E-state index is 0.0306. The molecular formula is C24H19BrFN5O4. The van der Waals surface area contributed by atoms with Crippen molar-refractivity contribution in [3.8, 4) is 22.8 Å². The van der Waals surface area contributed by atoms with Gasteiger partial charge in [0.25, 0.3) is 12.4 Å². The van der Waals surface area contributed by atoms with Crippen molar-refractivity contribution >= 4 is 34.1 Å². The summed E-state index contributed by atoms with van der Waals surface area (Å²) in [6.45, 7) is 2.18. The van der Waals surface area contributed by atoms with E-state index in [0.717, 1.165) is 11.1 Å². The summed E-state index contributed by atoms with van der Waals surface area (Å²) in [6, 6.07) is 14.6. The summed E-state index contributed by atoms with van der Waals surface area (Å²) in [5, 5.41) is 8.97. The van der Waals surface area contributed by atoms with Gasteiger partial charge in [-0.1, -0.05) is 28.9 Å². The summed E-state index contributed by atoms with van der Waals surface area (Å²) in [7, 11) is 0. The number of pyridine rings is 1. The number of carbonyl (C=O) groups is 2. The summed E-state index contributed by atoms with van der Waals surface area (Å²) in [5.74, 6) is -0.209. The fraction of sp³-hybridized carbons (Fsp3) is 0.125. The van der Waals surface area contributed by atoms with Crippen molar-refractivity contribution in [2.24, 2.45) is 0 Å². The number of anilines is 1. The lowest BCUT2D eigenvalue weighted by atomic mass is 10.1. The van der Waals surface area contributed by atoms with Crippen LogP contribution in [0.25, 0.3) is 22.8 Å². The summed E-state index contributed by atoms with van der Waals surface area (Å²) in [4.78, 5) is 31.5. The molecule has 0 radical (unpaired) electrons. The number of halogens is 2. The number of hydrogen-bond donors (Lipinski definition) is 2. The lowest BCUT2D eigenvalue weighted by Crippen LogP contribution is -2.41. The molecule has 11 heteroatoms. The third-order valence-electron chi connectivity index (χ3n) is 4.92. The summed E-state index contributed by atoms with van der Waals surface area (Å²) >= 11 is 3.21. The number of aryl methyl sites for hydroxylation is 1. The van der Waals surface area contributed by atoms with E-state index >= 15 is 0 Å². The third kappa shape index (κ3) is 6.27. The molecule has 2 N–H and O–H groups in total. The Kier molecular flexibility index (Phi) is 7.46. The number of nitrogens with one attached hydrogen (secondary N) is 2. The summed E-state index contributed by atoms with van der Waals surface area (Å²) in [5.41, 5.74) is 2.88. The van der Waals surface area contributed by atoms with E-state index in [0.29, 0.717) is 15.9 Å². The number of carbonyl (C=O) groups excluding carboxylic acids is 2. The molecule has 35 heavy (non-hydrogen) atoms. The topological polar surface area (TPSA) is 119 Å². The molecule has 0 saturated heterocycles. The van der Waals surface area contributed by atoms with Gasteiger partial charge in [-0.15, -0.1) is 0 Å². The highest BCUT2D eigenvalue weighted by Gasteiger charge is 2.18. The van der Waals surface area contributed by atoms with Gasteiger partial charge in [0.2, 0.25) is 5.82 Å². The lowest BCUT2D eigenvalue weighted by Gasteiger charge is -2.17. The lowest BCUT2D eigenvalue weighted by molar-refractivity contribution is -0.134. The molecule has 0 aliphatic heterocycles. The normalized spacial score (nSPS) is 11.5. The number of aromatic nitrogens is 3. The highest BCUT2D eigenvalue weighted by molar-refractivity contribution is 9.10. The molecule has 0 saturated carbocycles. The Balaban J connectivity index is 1.43. The fourth-order valence-electron chi connectivity index (χ4n) is 3.19. The molecular weight excluding hydrogens is 521 g/mol. The van der Waals surface area contributed by atoms with E-state index in [4.69, 9.17) is 9.26 Å². The molecule has 2 aromatic heterocycles. The number of nitrogens with zero attached hydrogens (tertiary/aromatic N) is 3. The first kappa shape index (κ1) is 24.0. The van der Waals surface area contributed by atoms with E-state index in [9.17, 15) is 14.0 Å². The van der Waals surface area contributed by atoms with Gasteiger partial charge in [-0.2, -0.15) is 4.98 Å². The van der Waals surface area contributed by atoms with Crippen LogP contribution in [-0.2, 0) is 16.0 Å². The molecule has 2 heterocycles. The van der Waals surface area contributed by atoms with Crippen LogP contribution < -0.4 is 10.6 Å². The summed E-state index contributed by atoms with van der Waals surface area (Å²) in [6.07, 6.45) is 0.456. The molecule has 4 rings (SSSR count). The van der Waals surface area contributed by atoms with Gasteiger partial charge in [-0.3, -0.25) is 4.79 Å². The van der Waals surface area contributed by atoms with E-state index < -0.39 is 18.1 Å². The minimum Gasteiger partial charge on any atom is -0.443 e. The molecule has 1 atom stereocenters. The van der Waals surface area contributed by atoms with Crippen LogP contribution in [0.2, 0.25) is 0 Å². The number of amides is 2. The Morgan fingerprint density at radius 3 is 2.69 bits per heavy atom. The number of ether oxygens (including phenoxy) is 1. The number of urea groups is 1. The number of benzene rings is 2. The van der Waals surface area contributed by atoms with E-state index in [2.05, 4.69) is 41.7 Å². The molecule has 0 bridgehead atoms. The van der Waals surface area contributed by atoms with Crippen LogP contribution >= 0.6 is 15.9 Å². The maximum atomic E-state index is 14.9. The van der Waals surface area contributed by atoms with Crippen molar-refractivity contribution < 1.29 is 23.2 Å². The average Bonchev–Trinajstić information content (AvgIpc) is 3.31. The van der Waals surface area contributed by atoms with E-state index in [1.54, 1.807) is 18.2 Å². The van der Waals surface area contributed by atoms with Gasteiger partial charge < -0.3 is 19.9 Å². The molecule has 0 aliphatic carbocycles. The highest BCUT2D eigenvalue weighted by atomic mass is 79.9. The second kappa shape index (κ2) is 10.9.